The molecule has 0 unspecified atom stereocenters. The predicted molar refractivity (Wildman–Crippen MR) is 38.5 cm³/mol. The smallest absolute Gasteiger partial charge is 0.198 e. The Morgan fingerprint density at radius 3 is 2.70 bits per heavy atom. The lowest BCUT2D eigenvalue weighted by Crippen LogP contribution is -1.84. The maximum atomic E-state index is 5.15. The maximum absolute atomic E-state index is 5.15. The Balaban J connectivity index is 2.91. The third kappa shape index (κ3) is 1.19. The molecule has 0 fully saturated rings. The van der Waals surface area contributed by atoms with Crippen LogP contribution < -0.4 is 0 Å². The van der Waals surface area contributed by atoms with Gasteiger partial charge in [0.25, 0.3) is 0 Å². The molecule has 0 N–H and O–H groups in total. The monoisotopic (exact) mass is 135 g/mol. The Kier molecular flexibility index (Phi) is 1.77. The van der Waals surface area contributed by atoms with Crippen LogP contribution in [0.5, 0.6) is 0 Å². The summed E-state index contributed by atoms with van der Waals surface area (Å²) in [6.45, 7) is 4.01. The van der Waals surface area contributed by atoms with Crippen LogP contribution in [0.15, 0.2) is 10.6 Å². The van der Waals surface area contributed by atoms with Crippen molar-refractivity contribution >= 4 is 0 Å². The van der Waals surface area contributed by atoms with Gasteiger partial charge in [0.05, 0.1) is 6.20 Å². The van der Waals surface area contributed by atoms with Gasteiger partial charge in [-0.05, 0) is 5.92 Å². The normalized spacial score (nSPS) is 9.80. The zero-order chi connectivity index (χ0) is 7.56. The van der Waals surface area contributed by atoms with Gasteiger partial charge in [-0.15, -0.1) is 6.42 Å². The minimum atomic E-state index is 0.307. The summed E-state index contributed by atoms with van der Waals surface area (Å²) in [5, 5.41) is 0. The van der Waals surface area contributed by atoms with Crippen molar-refractivity contribution in [3.05, 3.63) is 17.8 Å². The highest BCUT2D eigenvalue weighted by Gasteiger charge is 2.04. The van der Waals surface area contributed by atoms with Crippen molar-refractivity contribution in [3.8, 4) is 12.3 Å². The van der Waals surface area contributed by atoms with Gasteiger partial charge in [0.2, 0.25) is 0 Å². The van der Waals surface area contributed by atoms with Crippen LogP contribution in [0.25, 0.3) is 0 Å². The number of rotatable bonds is 1. The Labute approximate surface area is 60.3 Å². The number of nitrogens with zero attached hydrogens (tertiary/aromatic N) is 1. The van der Waals surface area contributed by atoms with E-state index in [2.05, 4.69) is 10.9 Å². The van der Waals surface area contributed by atoms with Crippen LogP contribution in [0.4, 0.5) is 0 Å². The molecule has 0 aromatic carbocycles. The molecule has 2 heteroatoms. The summed E-state index contributed by atoms with van der Waals surface area (Å²) >= 11 is 0. The first kappa shape index (κ1) is 6.88. The van der Waals surface area contributed by atoms with E-state index in [1.807, 2.05) is 13.8 Å². The average Bonchev–Trinajstić information content (AvgIpc) is 2.34. The molecule has 1 rings (SSSR count). The molecule has 0 saturated carbocycles. The summed E-state index contributed by atoms with van der Waals surface area (Å²) in [5.41, 5.74) is 0. The fourth-order valence-electron chi connectivity index (χ4n) is 0.621. The predicted octanol–water partition coefficient (Wildman–Crippen LogP) is 1.78. The Morgan fingerprint density at radius 2 is 2.40 bits per heavy atom. The molecule has 0 spiro atoms. The molecule has 0 bridgehead atoms. The summed E-state index contributed by atoms with van der Waals surface area (Å²) in [6.07, 6.45) is 6.64. The SMILES string of the molecule is C#Cc1cnc(C(C)C)o1. The van der Waals surface area contributed by atoms with E-state index < -0.39 is 0 Å². The van der Waals surface area contributed by atoms with Gasteiger partial charge in [-0.1, -0.05) is 13.8 Å². The molecule has 0 atom stereocenters. The minimum Gasteiger partial charge on any atom is -0.432 e. The Bertz CT molecular complexity index is 254. The zero-order valence-electron chi connectivity index (χ0n) is 6.09. The first-order valence-corrected chi connectivity index (χ1v) is 3.16. The van der Waals surface area contributed by atoms with Crippen LogP contribution in [0.3, 0.4) is 0 Å². The highest BCUT2D eigenvalue weighted by atomic mass is 16.4. The van der Waals surface area contributed by atoms with Crippen LogP contribution in [-0.4, -0.2) is 4.98 Å². The summed E-state index contributed by atoms with van der Waals surface area (Å²) in [6, 6.07) is 0. The van der Waals surface area contributed by atoms with Crippen LogP contribution >= 0.6 is 0 Å². The zero-order valence-corrected chi connectivity index (χ0v) is 6.09. The van der Waals surface area contributed by atoms with Gasteiger partial charge in [-0.25, -0.2) is 4.98 Å². The van der Waals surface area contributed by atoms with Gasteiger partial charge in [0.1, 0.15) is 0 Å². The third-order valence-electron chi connectivity index (χ3n) is 1.16. The lowest BCUT2D eigenvalue weighted by Gasteiger charge is -1.93. The van der Waals surface area contributed by atoms with Crippen molar-refractivity contribution < 1.29 is 4.42 Å². The molecule has 0 radical (unpaired) electrons. The number of hydrogen-bond acceptors (Lipinski definition) is 2. The van der Waals surface area contributed by atoms with Gasteiger partial charge in [-0.3, -0.25) is 0 Å². The molecule has 0 aliphatic carbocycles. The van der Waals surface area contributed by atoms with Crippen molar-refractivity contribution in [2.75, 3.05) is 0 Å². The van der Waals surface area contributed by atoms with Crippen molar-refractivity contribution in [3.63, 3.8) is 0 Å². The Hall–Kier alpha value is -1.23. The molecular weight excluding hydrogens is 126 g/mol. The largest absolute Gasteiger partial charge is 0.432 e. The fraction of sp³-hybridized carbons (Fsp3) is 0.375. The summed E-state index contributed by atoms with van der Waals surface area (Å²) in [4.78, 5) is 3.98. The number of terminal acetylenes is 1. The van der Waals surface area contributed by atoms with E-state index >= 15 is 0 Å². The molecule has 2 nitrogen and oxygen atoms in total. The van der Waals surface area contributed by atoms with Crippen molar-refractivity contribution in [1.29, 1.82) is 0 Å². The highest BCUT2D eigenvalue weighted by molar-refractivity contribution is 5.18. The first-order chi connectivity index (χ1) is 4.74. The van der Waals surface area contributed by atoms with E-state index in [9.17, 15) is 0 Å². The molecule has 0 saturated heterocycles. The van der Waals surface area contributed by atoms with E-state index in [1.54, 1.807) is 6.20 Å². The summed E-state index contributed by atoms with van der Waals surface area (Å²) in [7, 11) is 0. The molecule has 1 aromatic heterocycles. The van der Waals surface area contributed by atoms with Crippen LogP contribution in [-0.2, 0) is 0 Å². The second-order valence-electron chi connectivity index (χ2n) is 2.36. The van der Waals surface area contributed by atoms with Crippen molar-refractivity contribution in [2.24, 2.45) is 0 Å². The molecule has 1 heterocycles. The topological polar surface area (TPSA) is 26.0 Å². The van der Waals surface area contributed by atoms with Crippen LogP contribution in [0.1, 0.15) is 31.4 Å². The number of aromatic nitrogens is 1. The van der Waals surface area contributed by atoms with Gasteiger partial charge < -0.3 is 4.42 Å². The van der Waals surface area contributed by atoms with Gasteiger partial charge >= 0.3 is 0 Å². The molecule has 1 aromatic rings. The standard InChI is InChI=1S/C8H9NO/c1-4-7-5-9-8(10-7)6(2)3/h1,5-6H,2-3H3. The third-order valence-corrected chi connectivity index (χ3v) is 1.16. The molecule has 52 valence electrons. The molecular formula is C8H9NO. The molecule has 10 heavy (non-hydrogen) atoms. The lowest BCUT2D eigenvalue weighted by molar-refractivity contribution is 0.463. The van der Waals surface area contributed by atoms with Crippen molar-refractivity contribution in [1.82, 2.24) is 4.98 Å². The lowest BCUT2D eigenvalue weighted by atomic mass is 10.2. The van der Waals surface area contributed by atoms with E-state index in [0.29, 0.717) is 17.6 Å². The van der Waals surface area contributed by atoms with Gasteiger partial charge in [0, 0.05) is 5.92 Å². The number of hydrogen-bond donors (Lipinski definition) is 0. The second-order valence-corrected chi connectivity index (χ2v) is 2.36. The second kappa shape index (κ2) is 2.57. The highest BCUT2D eigenvalue weighted by Crippen LogP contribution is 2.12. The van der Waals surface area contributed by atoms with Gasteiger partial charge in [0.15, 0.2) is 11.7 Å². The summed E-state index contributed by atoms with van der Waals surface area (Å²) in [5.74, 6) is 3.89. The van der Waals surface area contributed by atoms with E-state index in [1.165, 1.54) is 0 Å². The van der Waals surface area contributed by atoms with E-state index in [4.69, 9.17) is 10.8 Å². The van der Waals surface area contributed by atoms with Crippen molar-refractivity contribution in [2.45, 2.75) is 19.8 Å². The van der Waals surface area contributed by atoms with Crippen LogP contribution in [0.2, 0.25) is 0 Å². The Morgan fingerprint density at radius 1 is 1.70 bits per heavy atom. The van der Waals surface area contributed by atoms with Crippen LogP contribution in [0, 0.1) is 12.3 Å². The first-order valence-electron chi connectivity index (χ1n) is 3.16. The van der Waals surface area contributed by atoms with Gasteiger partial charge in [-0.2, -0.15) is 0 Å². The molecule has 0 amide bonds. The minimum absolute atomic E-state index is 0.307. The number of oxazole rings is 1. The summed E-state index contributed by atoms with van der Waals surface area (Å²) < 4.78 is 5.15. The molecule has 0 aliphatic rings. The maximum Gasteiger partial charge on any atom is 0.198 e. The fourth-order valence-corrected chi connectivity index (χ4v) is 0.621. The van der Waals surface area contributed by atoms with E-state index in [-0.39, 0.29) is 0 Å². The quantitative estimate of drug-likeness (QED) is 0.548. The van der Waals surface area contributed by atoms with E-state index in [0.717, 1.165) is 0 Å². The average molecular weight is 135 g/mol. The molecule has 0 aliphatic heterocycles.